The van der Waals surface area contributed by atoms with E-state index in [-0.39, 0.29) is 12.4 Å². The summed E-state index contributed by atoms with van der Waals surface area (Å²) < 4.78 is 9.63. The number of carbonyl (C=O) groups is 1. The lowest BCUT2D eigenvalue weighted by molar-refractivity contribution is -0.140. The molecule has 0 unspecified atom stereocenters. The molecule has 0 spiro atoms. The minimum Gasteiger partial charge on any atom is -0.469 e. The molecule has 5 nitrogen and oxygen atoms in total. The van der Waals surface area contributed by atoms with Crippen LogP contribution in [0.4, 0.5) is 0 Å². The molecule has 0 aliphatic carbocycles. The summed E-state index contributed by atoms with van der Waals surface area (Å²) in [5.41, 5.74) is 0. The Bertz CT molecular complexity index is 287. The van der Waals surface area contributed by atoms with Crippen molar-refractivity contribution in [3.63, 3.8) is 0 Å². The lowest BCUT2D eigenvalue weighted by Gasteiger charge is -1.94. The van der Waals surface area contributed by atoms with Crippen LogP contribution in [0.2, 0.25) is 0 Å². The van der Waals surface area contributed by atoms with Gasteiger partial charge in [-0.25, -0.2) is 0 Å². The van der Waals surface area contributed by atoms with E-state index in [0.717, 1.165) is 0 Å². The Kier molecular flexibility index (Phi) is 3.75. The maximum atomic E-state index is 10.7. The van der Waals surface area contributed by atoms with Crippen LogP contribution in [-0.2, 0) is 16.0 Å². The van der Waals surface area contributed by atoms with E-state index >= 15 is 0 Å². The van der Waals surface area contributed by atoms with Crippen molar-refractivity contribution in [2.24, 2.45) is 0 Å². The van der Waals surface area contributed by atoms with Gasteiger partial charge in [0.15, 0.2) is 0 Å². The second-order valence-corrected chi connectivity index (χ2v) is 3.00. The van der Waals surface area contributed by atoms with Crippen molar-refractivity contribution in [2.75, 3.05) is 13.4 Å². The summed E-state index contributed by atoms with van der Waals surface area (Å²) in [6.45, 7) is 0. The molecule has 0 N–H and O–H groups in total. The van der Waals surface area contributed by atoms with Crippen molar-refractivity contribution in [2.45, 2.75) is 18.1 Å². The van der Waals surface area contributed by atoms with Crippen LogP contribution in [0.5, 0.6) is 0 Å². The van der Waals surface area contributed by atoms with Crippen LogP contribution in [0.25, 0.3) is 0 Å². The summed E-state index contributed by atoms with van der Waals surface area (Å²) >= 11 is 1.37. The maximum absolute atomic E-state index is 10.7. The minimum atomic E-state index is -0.274. The molecule has 0 atom stereocenters. The fourth-order valence-electron chi connectivity index (χ4n) is 0.733. The quantitative estimate of drug-likeness (QED) is 0.533. The third-order valence-corrected chi connectivity index (χ3v) is 1.91. The van der Waals surface area contributed by atoms with E-state index < -0.39 is 0 Å². The topological polar surface area (TPSA) is 65.2 Å². The van der Waals surface area contributed by atoms with Gasteiger partial charge in [0.1, 0.15) is 0 Å². The first-order valence-corrected chi connectivity index (χ1v) is 4.92. The van der Waals surface area contributed by atoms with E-state index in [9.17, 15) is 4.79 Å². The molecule has 1 rings (SSSR count). The molecule has 13 heavy (non-hydrogen) atoms. The summed E-state index contributed by atoms with van der Waals surface area (Å²) in [7, 11) is 1.35. The van der Waals surface area contributed by atoms with Gasteiger partial charge in [0.05, 0.1) is 13.5 Å². The number of hydrogen-bond donors (Lipinski definition) is 0. The van der Waals surface area contributed by atoms with Gasteiger partial charge < -0.3 is 9.15 Å². The lowest BCUT2D eigenvalue weighted by Crippen LogP contribution is -2.01. The number of nitrogens with zero attached hydrogens (tertiary/aromatic N) is 2. The molecule has 1 heterocycles. The number of rotatable bonds is 4. The maximum Gasteiger partial charge on any atom is 0.306 e. The smallest absolute Gasteiger partial charge is 0.306 e. The van der Waals surface area contributed by atoms with Gasteiger partial charge in [-0.2, -0.15) is 0 Å². The normalized spacial score (nSPS) is 10.0. The number of ether oxygens (including phenoxy) is 1. The SMILES string of the molecule is COC(=O)CCc1nnc(SC)o1. The Morgan fingerprint density at radius 3 is 2.92 bits per heavy atom. The molecule has 1 aromatic heterocycles. The van der Waals surface area contributed by atoms with E-state index in [2.05, 4.69) is 14.9 Å². The Hall–Kier alpha value is -1.04. The summed E-state index contributed by atoms with van der Waals surface area (Å²) in [4.78, 5) is 10.7. The molecule has 0 aromatic carbocycles. The summed E-state index contributed by atoms with van der Waals surface area (Å²) in [6, 6.07) is 0. The van der Waals surface area contributed by atoms with Gasteiger partial charge in [-0.15, -0.1) is 10.2 Å². The highest BCUT2D eigenvalue weighted by molar-refractivity contribution is 7.98. The van der Waals surface area contributed by atoms with Gasteiger partial charge in [-0.1, -0.05) is 11.8 Å². The van der Waals surface area contributed by atoms with Crippen LogP contribution in [0.3, 0.4) is 0 Å². The van der Waals surface area contributed by atoms with E-state index in [0.29, 0.717) is 17.5 Å². The molecule has 1 aromatic rings. The van der Waals surface area contributed by atoms with Gasteiger partial charge in [0.2, 0.25) is 5.89 Å². The van der Waals surface area contributed by atoms with E-state index in [1.165, 1.54) is 18.9 Å². The van der Waals surface area contributed by atoms with Gasteiger partial charge >= 0.3 is 5.97 Å². The van der Waals surface area contributed by atoms with Gasteiger partial charge in [0, 0.05) is 6.42 Å². The number of aryl methyl sites for hydroxylation is 1. The highest BCUT2D eigenvalue weighted by Gasteiger charge is 2.07. The van der Waals surface area contributed by atoms with Crippen molar-refractivity contribution in [3.05, 3.63) is 5.89 Å². The molecule has 0 radical (unpaired) electrons. The van der Waals surface area contributed by atoms with Crippen LogP contribution in [0.15, 0.2) is 9.64 Å². The van der Waals surface area contributed by atoms with E-state index in [1.54, 1.807) is 0 Å². The first-order valence-electron chi connectivity index (χ1n) is 3.69. The van der Waals surface area contributed by atoms with Gasteiger partial charge in [-0.3, -0.25) is 4.79 Å². The van der Waals surface area contributed by atoms with Crippen molar-refractivity contribution in [1.82, 2.24) is 10.2 Å². The Morgan fingerprint density at radius 1 is 1.62 bits per heavy atom. The van der Waals surface area contributed by atoms with Crippen molar-refractivity contribution in [1.29, 1.82) is 0 Å². The van der Waals surface area contributed by atoms with Crippen molar-refractivity contribution in [3.8, 4) is 0 Å². The molecule has 0 saturated carbocycles. The van der Waals surface area contributed by atoms with Gasteiger partial charge in [0.25, 0.3) is 5.22 Å². The third-order valence-electron chi connectivity index (χ3n) is 1.39. The molecular weight excluding hydrogens is 192 g/mol. The first kappa shape index (κ1) is 10.0. The summed E-state index contributed by atoms with van der Waals surface area (Å²) in [5.74, 6) is 0.193. The van der Waals surface area contributed by atoms with Crippen LogP contribution in [-0.4, -0.2) is 29.5 Å². The zero-order valence-corrected chi connectivity index (χ0v) is 8.26. The monoisotopic (exact) mass is 202 g/mol. The van der Waals surface area contributed by atoms with Gasteiger partial charge in [-0.05, 0) is 6.26 Å². The Labute approximate surface area is 79.9 Å². The first-order chi connectivity index (χ1) is 6.26. The number of methoxy groups -OCH3 is 1. The number of carbonyl (C=O) groups excluding carboxylic acids is 1. The van der Waals surface area contributed by atoms with Crippen LogP contribution >= 0.6 is 11.8 Å². The standard InChI is InChI=1S/C7H10N2O3S/c1-11-6(10)4-3-5-8-9-7(12-5)13-2/h3-4H2,1-2H3. The fourth-order valence-corrected chi connectivity index (χ4v) is 1.03. The number of esters is 1. The average molecular weight is 202 g/mol. The molecule has 0 saturated heterocycles. The van der Waals surface area contributed by atoms with E-state index in [1.807, 2.05) is 6.26 Å². The van der Waals surface area contributed by atoms with Crippen LogP contribution in [0, 0.1) is 0 Å². The average Bonchev–Trinajstić information content (AvgIpc) is 2.61. The predicted molar refractivity (Wildman–Crippen MR) is 46.4 cm³/mol. The molecule has 0 bridgehead atoms. The zero-order valence-electron chi connectivity index (χ0n) is 7.44. The molecule has 0 aliphatic heterocycles. The Balaban J connectivity index is 2.41. The fraction of sp³-hybridized carbons (Fsp3) is 0.571. The molecule has 0 aliphatic rings. The second kappa shape index (κ2) is 4.86. The summed E-state index contributed by atoms with van der Waals surface area (Å²) in [5, 5.41) is 7.99. The van der Waals surface area contributed by atoms with Crippen molar-refractivity contribution >= 4 is 17.7 Å². The van der Waals surface area contributed by atoms with Crippen molar-refractivity contribution < 1.29 is 13.9 Å². The number of hydrogen-bond acceptors (Lipinski definition) is 6. The number of aromatic nitrogens is 2. The highest BCUT2D eigenvalue weighted by Crippen LogP contribution is 2.12. The largest absolute Gasteiger partial charge is 0.469 e. The number of thioether (sulfide) groups is 1. The summed E-state index contributed by atoms with van der Waals surface area (Å²) in [6.07, 6.45) is 2.55. The molecule has 6 heteroatoms. The molecular formula is C7H10N2O3S. The third kappa shape index (κ3) is 3.06. The van der Waals surface area contributed by atoms with E-state index in [4.69, 9.17) is 4.42 Å². The molecule has 0 amide bonds. The zero-order chi connectivity index (χ0) is 9.68. The highest BCUT2D eigenvalue weighted by atomic mass is 32.2. The van der Waals surface area contributed by atoms with Crippen LogP contribution < -0.4 is 0 Å². The predicted octanol–water partition coefficient (Wildman–Crippen LogP) is 0.897. The Morgan fingerprint density at radius 2 is 2.38 bits per heavy atom. The second-order valence-electron chi connectivity index (χ2n) is 2.24. The van der Waals surface area contributed by atoms with Crippen LogP contribution in [0.1, 0.15) is 12.3 Å². The molecule has 0 fully saturated rings. The minimum absolute atomic E-state index is 0.270. The lowest BCUT2D eigenvalue weighted by atomic mass is 10.3. The molecule has 72 valence electrons.